The van der Waals surface area contributed by atoms with Gasteiger partial charge in [0.2, 0.25) is 0 Å². The summed E-state index contributed by atoms with van der Waals surface area (Å²) in [6, 6.07) is 4.79. The first-order valence-electron chi connectivity index (χ1n) is 5.84. The van der Waals surface area contributed by atoms with Crippen molar-refractivity contribution < 1.29 is 14.8 Å². The van der Waals surface area contributed by atoms with Gasteiger partial charge in [0, 0.05) is 42.4 Å². The number of hydrogen-bond donors (Lipinski definition) is 2. The second-order valence-electron chi connectivity index (χ2n) is 4.08. The van der Waals surface area contributed by atoms with E-state index in [2.05, 4.69) is 21.2 Å². The molecule has 1 rings (SSSR count). The summed E-state index contributed by atoms with van der Waals surface area (Å²) in [5.41, 5.74) is 0.675. The number of aliphatic hydroxyl groups excluding tert-OH is 1. The van der Waals surface area contributed by atoms with E-state index in [1.807, 2.05) is 0 Å². The number of hydrogen-bond acceptors (Lipinski definition) is 5. The van der Waals surface area contributed by atoms with Gasteiger partial charge >= 0.3 is 0 Å². The lowest BCUT2D eigenvalue weighted by Gasteiger charge is -2.16. The van der Waals surface area contributed by atoms with Crippen LogP contribution in [-0.2, 0) is 11.3 Å². The van der Waals surface area contributed by atoms with Crippen LogP contribution in [0.2, 0.25) is 0 Å². The van der Waals surface area contributed by atoms with Crippen molar-refractivity contribution in [3.05, 3.63) is 38.3 Å². The van der Waals surface area contributed by atoms with Crippen LogP contribution in [0.5, 0.6) is 0 Å². The van der Waals surface area contributed by atoms with Crippen LogP contribution < -0.4 is 5.32 Å². The first kappa shape index (κ1) is 16.0. The summed E-state index contributed by atoms with van der Waals surface area (Å²) in [7, 11) is 1.58. The molecule has 0 aliphatic rings. The van der Waals surface area contributed by atoms with Crippen LogP contribution in [0.4, 0.5) is 5.69 Å². The minimum Gasteiger partial charge on any atom is -0.396 e. The van der Waals surface area contributed by atoms with Crippen molar-refractivity contribution in [3.63, 3.8) is 0 Å². The number of nitrogens with zero attached hydrogens (tertiary/aromatic N) is 1. The Kier molecular flexibility index (Phi) is 6.93. The molecule has 0 fully saturated rings. The largest absolute Gasteiger partial charge is 0.396 e. The molecule has 1 atom stereocenters. The first-order valence-corrected chi connectivity index (χ1v) is 6.63. The Morgan fingerprint density at radius 1 is 1.58 bits per heavy atom. The molecule has 1 aromatic rings. The van der Waals surface area contributed by atoms with Crippen molar-refractivity contribution in [2.24, 2.45) is 0 Å². The van der Waals surface area contributed by atoms with Crippen molar-refractivity contribution in [3.8, 4) is 0 Å². The van der Waals surface area contributed by atoms with Crippen LogP contribution in [0.25, 0.3) is 0 Å². The minimum atomic E-state index is -0.402. The highest BCUT2D eigenvalue weighted by Crippen LogP contribution is 2.23. The molecular weight excluding hydrogens is 316 g/mol. The number of aliphatic hydroxyl groups is 1. The van der Waals surface area contributed by atoms with Gasteiger partial charge in [-0.15, -0.1) is 0 Å². The van der Waals surface area contributed by atoms with Gasteiger partial charge in [0.05, 0.1) is 11.5 Å². The minimum absolute atomic E-state index is 0.0337. The van der Waals surface area contributed by atoms with Gasteiger partial charge in [-0.2, -0.15) is 0 Å². The third-order valence-corrected chi connectivity index (χ3v) is 3.16. The molecule has 19 heavy (non-hydrogen) atoms. The fourth-order valence-corrected chi connectivity index (χ4v) is 2.14. The molecule has 0 saturated heterocycles. The molecule has 0 aliphatic heterocycles. The second kappa shape index (κ2) is 8.21. The van der Waals surface area contributed by atoms with Crippen molar-refractivity contribution in [1.82, 2.24) is 5.32 Å². The number of nitro benzene ring substituents is 1. The predicted molar refractivity (Wildman–Crippen MR) is 75.0 cm³/mol. The Hall–Kier alpha value is -1.02. The molecule has 0 amide bonds. The molecule has 0 spiro atoms. The second-order valence-corrected chi connectivity index (χ2v) is 4.99. The molecule has 1 aromatic carbocycles. The van der Waals surface area contributed by atoms with Gasteiger partial charge in [-0.05, 0) is 18.6 Å². The lowest BCUT2D eigenvalue weighted by Crippen LogP contribution is -2.33. The van der Waals surface area contributed by atoms with E-state index >= 15 is 0 Å². The van der Waals surface area contributed by atoms with Gasteiger partial charge < -0.3 is 15.2 Å². The number of methoxy groups -OCH3 is 1. The average molecular weight is 333 g/mol. The van der Waals surface area contributed by atoms with Crippen LogP contribution in [0.15, 0.2) is 22.7 Å². The summed E-state index contributed by atoms with van der Waals surface area (Å²) in [6.45, 7) is 0.841. The van der Waals surface area contributed by atoms with Crippen LogP contribution in [0, 0.1) is 10.1 Å². The topological polar surface area (TPSA) is 84.6 Å². The van der Waals surface area contributed by atoms with E-state index < -0.39 is 4.92 Å². The first-order chi connectivity index (χ1) is 9.08. The van der Waals surface area contributed by atoms with E-state index in [4.69, 9.17) is 9.84 Å². The highest BCUT2D eigenvalue weighted by Gasteiger charge is 2.15. The Balaban J connectivity index is 2.74. The van der Waals surface area contributed by atoms with E-state index in [0.717, 1.165) is 4.47 Å². The maximum atomic E-state index is 10.9. The number of nitro groups is 1. The molecule has 1 unspecified atom stereocenters. The fourth-order valence-electron chi connectivity index (χ4n) is 1.73. The summed E-state index contributed by atoms with van der Waals surface area (Å²) >= 11 is 3.30. The number of ether oxygens (including phenoxy) is 1. The number of halogens is 1. The highest BCUT2D eigenvalue weighted by atomic mass is 79.9. The average Bonchev–Trinajstić information content (AvgIpc) is 2.36. The summed E-state index contributed by atoms with van der Waals surface area (Å²) in [4.78, 5) is 10.5. The zero-order chi connectivity index (χ0) is 14.3. The molecule has 7 heteroatoms. The van der Waals surface area contributed by atoms with Gasteiger partial charge in [0.1, 0.15) is 0 Å². The van der Waals surface area contributed by atoms with Crippen LogP contribution in [0.3, 0.4) is 0 Å². The number of rotatable bonds is 8. The Labute approximate surface area is 120 Å². The van der Waals surface area contributed by atoms with Crippen molar-refractivity contribution >= 4 is 21.6 Å². The van der Waals surface area contributed by atoms with E-state index in [9.17, 15) is 10.1 Å². The SMILES string of the molecule is COCC(CCO)NCc1cc(Br)ccc1[N+](=O)[O-]. The molecule has 0 radical (unpaired) electrons. The zero-order valence-corrected chi connectivity index (χ0v) is 12.2. The normalized spacial score (nSPS) is 12.4. The molecule has 0 saturated carbocycles. The van der Waals surface area contributed by atoms with Crippen molar-refractivity contribution in [1.29, 1.82) is 0 Å². The Morgan fingerprint density at radius 2 is 2.32 bits per heavy atom. The highest BCUT2D eigenvalue weighted by molar-refractivity contribution is 9.10. The van der Waals surface area contributed by atoms with Crippen LogP contribution in [-0.4, -0.2) is 36.4 Å². The summed E-state index contributed by atoms with van der Waals surface area (Å²) in [6.07, 6.45) is 0.537. The standard InChI is InChI=1S/C12H17BrN2O4/c1-19-8-11(4-5-16)14-7-9-6-10(13)2-3-12(9)15(17)18/h2-3,6,11,14,16H,4-5,7-8H2,1H3. The van der Waals surface area contributed by atoms with E-state index in [1.165, 1.54) is 6.07 Å². The lowest BCUT2D eigenvalue weighted by molar-refractivity contribution is -0.385. The third-order valence-electron chi connectivity index (χ3n) is 2.66. The third kappa shape index (κ3) is 5.23. The van der Waals surface area contributed by atoms with E-state index in [0.29, 0.717) is 25.1 Å². The molecule has 0 bridgehead atoms. The number of benzene rings is 1. The Morgan fingerprint density at radius 3 is 2.89 bits per heavy atom. The summed E-state index contributed by atoms with van der Waals surface area (Å²) < 4.78 is 5.82. The zero-order valence-electron chi connectivity index (χ0n) is 10.6. The lowest BCUT2D eigenvalue weighted by atomic mass is 10.1. The maximum Gasteiger partial charge on any atom is 0.273 e. The molecular formula is C12H17BrN2O4. The van der Waals surface area contributed by atoms with Gasteiger partial charge in [-0.3, -0.25) is 10.1 Å². The monoisotopic (exact) mass is 332 g/mol. The van der Waals surface area contributed by atoms with Gasteiger partial charge in [-0.25, -0.2) is 0 Å². The summed E-state index contributed by atoms with van der Waals surface area (Å²) in [5.74, 6) is 0. The van der Waals surface area contributed by atoms with Crippen LogP contribution >= 0.6 is 15.9 Å². The smallest absolute Gasteiger partial charge is 0.273 e. The molecule has 0 aromatic heterocycles. The van der Waals surface area contributed by atoms with Crippen molar-refractivity contribution in [2.75, 3.05) is 20.3 Å². The van der Waals surface area contributed by atoms with Gasteiger partial charge in [0.15, 0.2) is 0 Å². The molecule has 0 heterocycles. The van der Waals surface area contributed by atoms with Crippen molar-refractivity contribution in [2.45, 2.75) is 19.0 Å². The maximum absolute atomic E-state index is 10.9. The number of nitrogens with one attached hydrogen (secondary N) is 1. The van der Waals surface area contributed by atoms with Gasteiger partial charge in [0.25, 0.3) is 5.69 Å². The van der Waals surface area contributed by atoms with Crippen LogP contribution in [0.1, 0.15) is 12.0 Å². The van der Waals surface area contributed by atoms with Gasteiger partial charge in [-0.1, -0.05) is 15.9 Å². The molecule has 2 N–H and O–H groups in total. The summed E-state index contributed by atoms with van der Waals surface area (Å²) in [5, 5.41) is 23.0. The molecule has 0 aliphatic carbocycles. The quantitative estimate of drug-likeness (QED) is 0.560. The molecule has 106 valence electrons. The predicted octanol–water partition coefficient (Wildman–Crippen LogP) is 1.84. The molecule has 6 nitrogen and oxygen atoms in total. The Bertz CT molecular complexity index is 422. The fraction of sp³-hybridized carbons (Fsp3) is 0.500. The van der Waals surface area contributed by atoms with E-state index in [-0.39, 0.29) is 18.3 Å². The van der Waals surface area contributed by atoms with E-state index in [1.54, 1.807) is 19.2 Å².